The second-order valence-electron chi connectivity index (χ2n) is 6.22. The molecule has 0 radical (unpaired) electrons. The van der Waals surface area contributed by atoms with Crippen molar-refractivity contribution in [2.24, 2.45) is 0 Å². The summed E-state index contributed by atoms with van der Waals surface area (Å²) in [7, 11) is 1.91. The van der Waals surface area contributed by atoms with E-state index in [9.17, 15) is 10.1 Å². The molecule has 140 valence electrons. The van der Waals surface area contributed by atoms with Crippen molar-refractivity contribution < 1.29 is 9.47 Å². The molecule has 1 aliphatic heterocycles. The van der Waals surface area contributed by atoms with Crippen LogP contribution in [0.25, 0.3) is 0 Å². The Bertz CT molecular complexity index is 1110. The van der Waals surface area contributed by atoms with Crippen molar-refractivity contribution in [3.05, 3.63) is 64.6 Å². The number of nitriles is 1. The third kappa shape index (κ3) is 3.48. The highest BCUT2D eigenvalue weighted by Gasteiger charge is 2.19. The fraction of sp³-hybridized carbons (Fsp3) is 0.211. The zero-order chi connectivity index (χ0) is 19.5. The van der Waals surface area contributed by atoms with Gasteiger partial charge in [-0.25, -0.2) is 14.8 Å². The second kappa shape index (κ2) is 7.36. The number of ether oxygens (including phenoxy) is 2. The summed E-state index contributed by atoms with van der Waals surface area (Å²) in [6.45, 7) is 1.56. The van der Waals surface area contributed by atoms with Gasteiger partial charge in [0.1, 0.15) is 30.6 Å². The summed E-state index contributed by atoms with van der Waals surface area (Å²) in [5.74, 6) is 1.87. The van der Waals surface area contributed by atoms with E-state index in [4.69, 9.17) is 9.47 Å². The maximum atomic E-state index is 12.1. The van der Waals surface area contributed by atoms with E-state index in [2.05, 4.69) is 21.0 Å². The van der Waals surface area contributed by atoms with Crippen LogP contribution in [0.3, 0.4) is 0 Å². The molecule has 0 saturated heterocycles. The average molecular weight is 376 g/mol. The highest BCUT2D eigenvalue weighted by Crippen LogP contribution is 2.26. The fourth-order valence-electron chi connectivity index (χ4n) is 2.90. The summed E-state index contributed by atoms with van der Waals surface area (Å²) in [5.41, 5.74) is 0.777. The minimum Gasteiger partial charge on any atom is -0.473 e. The van der Waals surface area contributed by atoms with E-state index < -0.39 is 0 Å². The first-order valence-corrected chi connectivity index (χ1v) is 8.56. The van der Waals surface area contributed by atoms with Crippen molar-refractivity contribution in [2.45, 2.75) is 13.2 Å². The van der Waals surface area contributed by atoms with Gasteiger partial charge in [-0.15, -0.1) is 0 Å². The Morgan fingerprint density at radius 2 is 2.04 bits per heavy atom. The Morgan fingerprint density at radius 3 is 2.82 bits per heavy atom. The minimum absolute atomic E-state index is 0.170. The SMILES string of the molecule is CN1CCn2c1cc(OCc1ccc(Oc3cncnc3)c(C#N)c1)nc2=O. The van der Waals surface area contributed by atoms with Crippen LogP contribution in [-0.4, -0.2) is 33.1 Å². The molecule has 0 N–H and O–H groups in total. The summed E-state index contributed by atoms with van der Waals surface area (Å²) < 4.78 is 12.9. The molecule has 28 heavy (non-hydrogen) atoms. The summed E-state index contributed by atoms with van der Waals surface area (Å²) in [4.78, 5) is 25.8. The van der Waals surface area contributed by atoms with Crippen molar-refractivity contribution in [1.29, 1.82) is 5.26 Å². The van der Waals surface area contributed by atoms with Gasteiger partial charge in [0.05, 0.1) is 18.0 Å². The normalized spacial score (nSPS) is 12.4. The zero-order valence-electron chi connectivity index (χ0n) is 15.1. The molecule has 0 unspecified atom stereocenters. The summed E-state index contributed by atoms with van der Waals surface area (Å²) in [5, 5.41) is 9.41. The lowest BCUT2D eigenvalue weighted by Gasteiger charge is -2.13. The average Bonchev–Trinajstić information content (AvgIpc) is 3.09. The summed E-state index contributed by atoms with van der Waals surface area (Å²) >= 11 is 0. The molecule has 1 aromatic carbocycles. The van der Waals surface area contributed by atoms with Crippen LogP contribution < -0.4 is 20.1 Å². The third-order valence-electron chi connectivity index (χ3n) is 4.33. The van der Waals surface area contributed by atoms with Crippen LogP contribution in [0, 0.1) is 11.3 Å². The molecule has 0 amide bonds. The summed E-state index contributed by atoms with van der Waals surface area (Å²) in [6, 6.07) is 8.99. The lowest BCUT2D eigenvalue weighted by Crippen LogP contribution is -2.22. The smallest absolute Gasteiger partial charge is 0.352 e. The van der Waals surface area contributed by atoms with Crippen LogP contribution in [0.1, 0.15) is 11.1 Å². The van der Waals surface area contributed by atoms with Crippen molar-refractivity contribution in [1.82, 2.24) is 19.5 Å². The van der Waals surface area contributed by atoms with Gasteiger partial charge in [0.2, 0.25) is 5.88 Å². The van der Waals surface area contributed by atoms with E-state index in [-0.39, 0.29) is 18.2 Å². The maximum absolute atomic E-state index is 12.1. The molecule has 3 heterocycles. The van der Waals surface area contributed by atoms with Gasteiger partial charge < -0.3 is 14.4 Å². The monoisotopic (exact) mass is 376 g/mol. The molecule has 2 aromatic heterocycles. The Labute approximate surface area is 160 Å². The molecule has 0 saturated carbocycles. The largest absolute Gasteiger partial charge is 0.473 e. The number of benzene rings is 1. The Kier molecular flexibility index (Phi) is 4.60. The van der Waals surface area contributed by atoms with E-state index in [1.165, 1.54) is 18.7 Å². The molecule has 3 aromatic rings. The highest BCUT2D eigenvalue weighted by molar-refractivity contribution is 5.47. The van der Waals surface area contributed by atoms with E-state index >= 15 is 0 Å². The number of likely N-dealkylation sites (N-methyl/N-ethyl adjacent to an activating group) is 1. The van der Waals surface area contributed by atoms with Crippen molar-refractivity contribution in [2.75, 3.05) is 18.5 Å². The van der Waals surface area contributed by atoms with Crippen LogP contribution in [0.4, 0.5) is 5.82 Å². The van der Waals surface area contributed by atoms with Crippen LogP contribution in [0.15, 0.2) is 47.8 Å². The van der Waals surface area contributed by atoms with Gasteiger partial charge >= 0.3 is 5.69 Å². The molecule has 9 nitrogen and oxygen atoms in total. The lowest BCUT2D eigenvalue weighted by atomic mass is 10.1. The van der Waals surface area contributed by atoms with Gasteiger partial charge in [0.25, 0.3) is 0 Å². The fourth-order valence-corrected chi connectivity index (χ4v) is 2.90. The van der Waals surface area contributed by atoms with Crippen molar-refractivity contribution in [3.8, 4) is 23.4 Å². The van der Waals surface area contributed by atoms with Gasteiger partial charge in [-0.05, 0) is 17.7 Å². The highest BCUT2D eigenvalue weighted by atomic mass is 16.5. The number of fused-ring (bicyclic) bond motifs is 1. The number of anilines is 1. The van der Waals surface area contributed by atoms with Crippen LogP contribution >= 0.6 is 0 Å². The standard InChI is InChI=1S/C19H16N6O3/c1-24-4-5-25-18(24)7-17(23-19(25)26)27-11-13-2-3-16(14(6-13)8-20)28-15-9-21-12-22-10-15/h2-3,6-7,9-10,12H,4-5,11H2,1H3. The lowest BCUT2D eigenvalue weighted by molar-refractivity contribution is 0.291. The molecule has 1 aliphatic rings. The van der Waals surface area contributed by atoms with Gasteiger partial charge in [0, 0.05) is 26.2 Å². The maximum Gasteiger partial charge on any atom is 0.352 e. The Hall–Kier alpha value is -3.93. The number of hydrogen-bond acceptors (Lipinski definition) is 8. The quantitative estimate of drug-likeness (QED) is 0.663. The first-order valence-electron chi connectivity index (χ1n) is 8.56. The minimum atomic E-state index is -0.330. The molecular weight excluding hydrogens is 360 g/mol. The zero-order valence-corrected chi connectivity index (χ0v) is 15.1. The van der Waals surface area contributed by atoms with E-state index in [0.29, 0.717) is 23.6 Å². The first kappa shape index (κ1) is 17.5. The molecule has 0 bridgehead atoms. The first-order chi connectivity index (χ1) is 13.6. The second-order valence-corrected chi connectivity index (χ2v) is 6.22. The number of rotatable bonds is 5. The Balaban J connectivity index is 1.50. The Morgan fingerprint density at radius 1 is 1.21 bits per heavy atom. The molecule has 0 aliphatic carbocycles. The van der Waals surface area contributed by atoms with Crippen LogP contribution in [-0.2, 0) is 13.2 Å². The van der Waals surface area contributed by atoms with Crippen LogP contribution in [0.5, 0.6) is 17.4 Å². The molecule has 0 fully saturated rings. The predicted octanol–water partition coefficient (Wildman–Crippen LogP) is 1.73. The van der Waals surface area contributed by atoms with Gasteiger partial charge in [0.15, 0.2) is 5.75 Å². The predicted molar refractivity (Wildman–Crippen MR) is 99.4 cm³/mol. The number of aromatic nitrogens is 4. The number of nitrogens with zero attached hydrogens (tertiary/aromatic N) is 6. The third-order valence-corrected chi connectivity index (χ3v) is 4.33. The van der Waals surface area contributed by atoms with E-state index in [1.54, 1.807) is 28.8 Å². The van der Waals surface area contributed by atoms with Crippen molar-refractivity contribution >= 4 is 5.82 Å². The molecular formula is C19H16N6O3. The van der Waals surface area contributed by atoms with Gasteiger partial charge in [-0.1, -0.05) is 6.07 Å². The molecule has 9 heteroatoms. The summed E-state index contributed by atoms with van der Waals surface area (Å²) in [6.07, 6.45) is 4.43. The molecule has 0 atom stereocenters. The van der Waals surface area contributed by atoms with E-state index in [1.807, 2.05) is 11.9 Å². The van der Waals surface area contributed by atoms with Gasteiger partial charge in [-0.3, -0.25) is 4.57 Å². The van der Waals surface area contributed by atoms with E-state index in [0.717, 1.165) is 17.9 Å². The number of hydrogen-bond donors (Lipinski definition) is 0. The van der Waals surface area contributed by atoms with Crippen LogP contribution in [0.2, 0.25) is 0 Å². The topological polar surface area (TPSA) is 106 Å². The molecule has 0 spiro atoms. The molecule has 4 rings (SSSR count). The van der Waals surface area contributed by atoms with Gasteiger partial charge in [-0.2, -0.15) is 10.2 Å². The van der Waals surface area contributed by atoms with Crippen molar-refractivity contribution in [3.63, 3.8) is 0 Å².